The van der Waals surface area contributed by atoms with Crippen LogP contribution >= 0.6 is 0 Å². The molecule has 1 rings (SSSR count). The summed E-state index contributed by atoms with van der Waals surface area (Å²) in [4.78, 5) is 0. The third kappa shape index (κ3) is 4.04. The molecule has 72 valence electrons. The molecule has 0 aromatic carbocycles. The van der Waals surface area contributed by atoms with Gasteiger partial charge in [-0.3, -0.25) is 0 Å². The zero-order chi connectivity index (χ0) is 8.65. The second-order valence-corrected chi connectivity index (χ2v) is 3.36. The molecule has 0 aromatic heterocycles. The van der Waals surface area contributed by atoms with Gasteiger partial charge in [-0.1, -0.05) is 0 Å². The van der Waals surface area contributed by atoms with Gasteiger partial charge in [0.1, 0.15) is 0 Å². The Hall–Kier alpha value is -0.120. The van der Waals surface area contributed by atoms with Gasteiger partial charge < -0.3 is 15.2 Å². The van der Waals surface area contributed by atoms with Crippen LogP contribution in [0.3, 0.4) is 0 Å². The first-order valence-electron chi connectivity index (χ1n) is 4.83. The lowest BCUT2D eigenvalue weighted by molar-refractivity contribution is 0.0787. The SMILES string of the molecule is OCCCOCC1CCCNC1. The molecule has 12 heavy (non-hydrogen) atoms. The average Bonchev–Trinajstić information content (AvgIpc) is 2.14. The molecule has 0 radical (unpaired) electrons. The van der Waals surface area contributed by atoms with Crippen molar-refractivity contribution < 1.29 is 9.84 Å². The van der Waals surface area contributed by atoms with Crippen LogP contribution in [0.2, 0.25) is 0 Å². The highest BCUT2D eigenvalue weighted by molar-refractivity contribution is 4.67. The fourth-order valence-corrected chi connectivity index (χ4v) is 1.48. The van der Waals surface area contributed by atoms with Crippen LogP contribution < -0.4 is 5.32 Å². The van der Waals surface area contributed by atoms with Crippen molar-refractivity contribution in [3.05, 3.63) is 0 Å². The minimum absolute atomic E-state index is 0.239. The monoisotopic (exact) mass is 173 g/mol. The topological polar surface area (TPSA) is 41.5 Å². The summed E-state index contributed by atoms with van der Waals surface area (Å²) < 4.78 is 5.41. The van der Waals surface area contributed by atoms with Crippen molar-refractivity contribution >= 4 is 0 Å². The summed E-state index contributed by atoms with van der Waals surface area (Å²) in [6.45, 7) is 4.05. The smallest absolute Gasteiger partial charge is 0.0506 e. The minimum Gasteiger partial charge on any atom is -0.396 e. The van der Waals surface area contributed by atoms with E-state index in [0.29, 0.717) is 12.5 Å². The molecule has 0 bridgehead atoms. The lowest BCUT2D eigenvalue weighted by atomic mass is 10.0. The van der Waals surface area contributed by atoms with Gasteiger partial charge in [0.2, 0.25) is 0 Å². The first kappa shape index (κ1) is 9.96. The molecule has 0 aliphatic carbocycles. The highest BCUT2D eigenvalue weighted by Gasteiger charge is 2.12. The molecule has 0 saturated carbocycles. The molecule has 1 heterocycles. The van der Waals surface area contributed by atoms with E-state index in [1.165, 1.54) is 12.8 Å². The van der Waals surface area contributed by atoms with E-state index < -0.39 is 0 Å². The van der Waals surface area contributed by atoms with E-state index in [2.05, 4.69) is 5.32 Å². The van der Waals surface area contributed by atoms with Crippen molar-refractivity contribution in [1.82, 2.24) is 5.32 Å². The second-order valence-electron chi connectivity index (χ2n) is 3.36. The number of ether oxygens (including phenoxy) is 1. The summed E-state index contributed by atoms with van der Waals surface area (Å²) >= 11 is 0. The van der Waals surface area contributed by atoms with Crippen LogP contribution in [0.15, 0.2) is 0 Å². The predicted octanol–water partition coefficient (Wildman–Crippen LogP) is 0.385. The number of hydrogen-bond donors (Lipinski definition) is 2. The van der Waals surface area contributed by atoms with Gasteiger partial charge in [0.25, 0.3) is 0 Å². The standard InChI is InChI=1S/C9H19NO2/c11-5-2-6-12-8-9-3-1-4-10-7-9/h9-11H,1-8H2. The molecule has 0 amide bonds. The van der Waals surface area contributed by atoms with E-state index in [4.69, 9.17) is 9.84 Å². The van der Waals surface area contributed by atoms with Crippen molar-refractivity contribution in [3.8, 4) is 0 Å². The molecule has 1 saturated heterocycles. The van der Waals surface area contributed by atoms with Crippen molar-refractivity contribution in [2.45, 2.75) is 19.3 Å². The van der Waals surface area contributed by atoms with Crippen LogP contribution in [-0.2, 0) is 4.74 Å². The van der Waals surface area contributed by atoms with E-state index >= 15 is 0 Å². The minimum atomic E-state index is 0.239. The molecule has 1 unspecified atom stereocenters. The molecular formula is C9H19NO2. The molecule has 1 atom stereocenters. The number of aliphatic hydroxyl groups is 1. The largest absolute Gasteiger partial charge is 0.396 e. The summed E-state index contributed by atoms with van der Waals surface area (Å²) in [5.74, 6) is 0.692. The summed E-state index contributed by atoms with van der Waals surface area (Å²) in [7, 11) is 0. The van der Waals surface area contributed by atoms with Crippen LogP contribution in [0.25, 0.3) is 0 Å². The van der Waals surface area contributed by atoms with Gasteiger partial charge in [0, 0.05) is 19.8 Å². The Bertz CT molecular complexity index is 103. The average molecular weight is 173 g/mol. The van der Waals surface area contributed by atoms with Gasteiger partial charge in [-0.05, 0) is 31.7 Å². The number of hydrogen-bond acceptors (Lipinski definition) is 3. The maximum atomic E-state index is 8.51. The van der Waals surface area contributed by atoms with Gasteiger partial charge in [-0.2, -0.15) is 0 Å². The summed E-state index contributed by atoms with van der Waals surface area (Å²) in [6, 6.07) is 0. The highest BCUT2D eigenvalue weighted by Crippen LogP contribution is 2.09. The van der Waals surface area contributed by atoms with Crippen LogP contribution in [-0.4, -0.2) is 38.0 Å². The maximum Gasteiger partial charge on any atom is 0.0506 e. The van der Waals surface area contributed by atoms with Crippen molar-refractivity contribution in [2.75, 3.05) is 32.9 Å². The maximum absolute atomic E-state index is 8.51. The van der Waals surface area contributed by atoms with E-state index in [1.807, 2.05) is 0 Å². The van der Waals surface area contributed by atoms with Crippen molar-refractivity contribution in [2.24, 2.45) is 5.92 Å². The third-order valence-corrected chi connectivity index (χ3v) is 2.20. The first-order chi connectivity index (χ1) is 5.93. The quantitative estimate of drug-likeness (QED) is 0.591. The Morgan fingerprint density at radius 1 is 1.50 bits per heavy atom. The molecule has 3 heteroatoms. The highest BCUT2D eigenvalue weighted by atomic mass is 16.5. The summed E-state index contributed by atoms with van der Waals surface area (Å²) in [6.07, 6.45) is 3.32. The molecular weight excluding hydrogens is 154 g/mol. The van der Waals surface area contributed by atoms with Crippen LogP contribution in [0.4, 0.5) is 0 Å². The zero-order valence-electron chi connectivity index (χ0n) is 7.59. The first-order valence-corrected chi connectivity index (χ1v) is 4.83. The van der Waals surface area contributed by atoms with Gasteiger partial charge in [0.15, 0.2) is 0 Å². The molecule has 1 aliphatic rings. The van der Waals surface area contributed by atoms with Gasteiger partial charge in [-0.15, -0.1) is 0 Å². The zero-order valence-corrected chi connectivity index (χ0v) is 7.59. The third-order valence-electron chi connectivity index (χ3n) is 2.20. The van der Waals surface area contributed by atoms with Crippen LogP contribution in [0.1, 0.15) is 19.3 Å². The van der Waals surface area contributed by atoms with E-state index in [9.17, 15) is 0 Å². The summed E-state index contributed by atoms with van der Waals surface area (Å²) in [5, 5.41) is 11.9. The lowest BCUT2D eigenvalue weighted by Gasteiger charge is -2.22. The Morgan fingerprint density at radius 2 is 2.42 bits per heavy atom. The van der Waals surface area contributed by atoms with Gasteiger partial charge in [-0.25, -0.2) is 0 Å². The molecule has 0 spiro atoms. The fourth-order valence-electron chi connectivity index (χ4n) is 1.48. The fraction of sp³-hybridized carbons (Fsp3) is 1.00. The van der Waals surface area contributed by atoms with E-state index in [-0.39, 0.29) is 6.61 Å². The lowest BCUT2D eigenvalue weighted by Crippen LogP contribution is -2.32. The number of piperidine rings is 1. The molecule has 3 nitrogen and oxygen atoms in total. The number of nitrogens with one attached hydrogen (secondary N) is 1. The van der Waals surface area contributed by atoms with Crippen molar-refractivity contribution in [1.29, 1.82) is 0 Å². The molecule has 0 aromatic rings. The molecule has 2 N–H and O–H groups in total. The predicted molar refractivity (Wildman–Crippen MR) is 48.1 cm³/mol. The van der Waals surface area contributed by atoms with Crippen LogP contribution in [0.5, 0.6) is 0 Å². The normalized spacial score (nSPS) is 24.2. The Labute approximate surface area is 74.1 Å². The number of rotatable bonds is 5. The van der Waals surface area contributed by atoms with Crippen LogP contribution in [0, 0.1) is 5.92 Å². The number of aliphatic hydroxyl groups excluding tert-OH is 1. The van der Waals surface area contributed by atoms with Gasteiger partial charge >= 0.3 is 0 Å². The van der Waals surface area contributed by atoms with E-state index in [1.54, 1.807) is 0 Å². The Morgan fingerprint density at radius 3 is 3.08 bits per heavy atom. The Balaban J connectivity index is 1.91. The van der Waals surface area contributed by atoms with E-state index in [0.717, 1.165) is 26.1 Å². The molecule has 1 fully saturated rings. The summed E-state index contributed by atoms with van der Waals surface area (Å²) in [5.41, 5.74) is 0. The molecule has 1 aliphatic heterocycles. The Kier molecular flexibility index (Phi) is 5.32. The second kappa shape index (κ2) is 6.40. The van der Waals surface area contributed by atoms with Gasteiger partial charge in [0.05, 0.1) is 6.61 Å². The van der Waals surface area contributed by atoms with Crippen molar-refractivity contribution in [3.63, 3.8) is 0 Å².